The molecule has 0 saturated heterocycles. The Bertz CT molecular complexity index is 664. The molecule has 0 aliphatic heterocycles. The molecule has 2 unspecified atom stereocenters. The summed E-state index contributed by atoms with van der Waals surface area (Å²) in [6, 6.07) is 4.16. The number of aryl methyl sites for hydroxylation is 1. The lowest BCUT2D eigenvalue weighted by molar-refractivity contribution is 0.379. The van der Waals surface area contributed by atoms with Gasteiger partial charge >= 0.3 is 0 Å². The second-order valence-electron chi connectivity index (χ2n) is 8.49. The van der Waals surface area contributed by atoms with Gasteiger partial charge in [0.05, 0.1) is 0 Å². The topological polar surface area (TPSA) is 38.7 Å². The molecule has 2 atom stereocenters. The second-order valence-corrected chi connectivity index (χ2v) is 10.3. The van der Waals surface area contributed by atoms with Crippen molar-refractivity contribution in [3.63, 3.8) is 0 Å². The average Bonchev–Trinajstić information content (AvgIpc) is 3.20. The van der Waals surface area contributed by atoms with Crippen LogP contribution in [0.2, 0.25) is 0 Å². The van der Waals surface area contributed by atoms with E-state index < -0.39 is 8.38 Å². The van der Waals surface area contributed by atoms with Gasteiger partial charge in [-0.1, -0.05) is 44.3 Å². The fraction of sp³-hybridized carbons (Fsp3) is 0.667. The summed E-state index contributed by atoms with van der Waals surface area (Å²) in [7, 11) is 0.820. The van der Waals surface area contributed by atoms with Gasteiger partial charge in [-0.3, -0.25) is 0 Å². The van der Waals surface area contributed by atoms with Gasteiger partial charge in [0, 0.05) is 24.3 Å². The van der Waals surface area contributed by atoms with Gasteiger partial charge in [0.2, 0.25) is 8.38 Å². The van der Waals surface area contributed by atoms with Crippen LogP contribution in [0.4, 0.5) is 0 Å². The summed E-state index contributed by atoms with van der Waals surface area (Å²) in [6.07, 6.45) is 15.2. The number of benzene rings is 1. The maximum Gasteiger partial charge on any atom is 0.233 e. The lowest BCUT2D eigenvalue weighted by atomic mass is 9.84. The fourth-order valence-electron chi connectivity index (χ4n) is 4.65. The monoisotopic (exact) mass is 404 g/mol. The van der Waals surface area contributed by atoms with Crippen molar-refractivity contribution in [1.29, 1.82) is 0 Å². The molecule has 1 fully saturated rings. The summed E-state index contributed by atoms with van der Waals surface area (Å²) in [5.41, 5.74) is 4.08. The standard InChI is InChI=1S/C24H37O3P/c1-4-5-6-11-19-16-22(25)24(20-12-9-10-18(2)15-20)23(17-19)27-28(26-3)21-13-7-8-14-21/h15-17,20-21,25H,4-14H2,1-3H3. The highest BCUT2D eigenvalue weighted by atomic mass is 31.2. The molecule has 2 aliphatic rings. The quantitative estimate of drug-likeness (QED) is 0.261. The molecule has 4 heteroatoms. The molecule has 1 N–H and O–H groups in total. The van der Waals surface area contributed by atoms with E-state index in [-0.39, 0.29) is 5.92 Å². The molecule has 156 valence electrons. The molecular formula is C24H37O3P. The summed E-state index contributed by atoms with van der Waals surface area (Å²) in [5, 5.41) is 11.0. The Labute approximate surface area is 172 Å². The van der Waals surface area contributed by atoms with E-state index in [0.717, 1.165) is 37.0 Å². The van der Waals surface area contributed by atoms with E-state index in [0.29, 0.717) is 11.4 Å². The van der Waals surface area contributed by atoms with Crippen molar-refractivity contribution >= 4 is 8.38 Å². The summed E-state index contributed by atoms with van der Waals surface area (Å²) >= 11 is 0. The van der Waals surface area contributed by atoms with Crippen LogP contribution in [0, 0.1) is 0 Å². The van der Waals surface area contributed by atoms with Gasteiger partial charge in [-0.15, -0.1) is 0 Å². The van der Waals surface area contributed by atoms with Crippen LogP contribution in [0.5, 0.6) is 11.5 Å². The molecule has 0 bridgehead atoms. The lowest BCUT2D eigenvalue weighted by Gasteiger charge is -2.27. The van der Waals surface area contributed by atoms with Crippen LogP contribution in [0.3, 0.4) is 0 Å². The van der Waals surface area contributed by atoms with Crippen molar-refractivity contribution in [2.24, 2.45) is 0 Å². The molecule has 3 nitrogen and oxygen atoms in total. The van der Waals surface area contributed by atoms with Crippen LogP contribution >= 0.6 is 8.38 Å². The van der Waals surface area contributed by atoms with Crippen LogP contribution in [0.25, 0.3) is 0 Å². The Balaban J connectivity index is 1.91. The number of phenolic OH excluding ortho intramolecular Hbond substituents is 1. The first kappa shape index (κ1) is 21.7. The van der Waals surface area contributed by atoms with E-state index in [1.165, 1.54) is 56.1 Å². The molecule has 0 amide bonds. The Morgan fingerprint density at radius 3 is 2.57 bits per heavy atom. The molecule has 0 aromatic heterocycles. The van der Waals surface area contributed by atoms with E-state index in [4.69, 9.17) is 9.05 Å². The van der Waals surface area contributed by atoms with Crippen molar-refractivity contribution < 1.29 is 14.2 Å². The summed E-state index contributed by atoms with van der Waals surface area (Å²) in [4.78, 5) is 0. The minimum absolute atomic E-state index is 0.241. The molecule has 1 aromatic rings. The zero-order valence-electron chi connectivity index (χ0n) is 17.9. The van der Waals surface area contributed by atoms with Crippen molar-refractivity contribution in [2.45, 2.75) is 96.1 Å². The van der Waals surface area contributed by atoms with Gasteiger partial charge in [-0.05, 0) is 69.6 Å². The summed E-state index contributed by atoms with van der Waals surface area (Å²) in [5.74, 6) is 1.51. The predicted octanol–water partition coefficient (Wildman–Crippen LogP) is 7.62. The number of rotatable bonds is 9. The summed E-state index contributed by atoms with van der Waals surface area (Å²) < 4.78 is 12.4. The predicted molar refractivity (Wildman–Crippen MR) is 118 cm³/mol. The molecule has 1 aromatic carbocycles. The minimum atomic E-state index is -0.957. The molecule has 0 radical (unpaired) electrons. The van der Waals surface area contributed by atoms with E-state index in [1.807, 2.05) is 6.07 Å². The van der Waals surface area contributed by atoms with Crippen LogP contribution in [0.1, 0.15) is 95.1 Å². The Kier molecular flexibility index (Phi) is 8.23. The van der Waals surface area contributed by atoms with E-state index in [2.05, 4.69) is 26.0 Å². The number of aromatic hydroxyl groups is 1. The second kappa shape index (κ2) is 10.6. The van der Waals surface area contributed by atoms with Gasteiger partial charge in [-0.2, -0.15) is 0 Å². The van der Waals surface area contributed by atoms with Crippen molar-refractivity contribution in [3.8, 4) is 11.5 Å². The van der Waals surface area contributed by atoms with Crippen molar-refractivity contribution in [2.75, 3.05) is 7.11 Å². The zero-order valence-corrected chi connectivity index (χ0v) is 18.8. The highest BCUT2D eigenvalue weighted by Crippen LogP contribution is 2.53. The van der Waals surface area contributed by atoms with E-state index in [9.17, 15) is 5.11 Å². The Morgan fingerprint density at radius 2 is 1.89 bits per heavy atom. The van der Waals surface area contributed by atoms with E-state index in [1.54, 1.807) is 7.11 Å². The average molecular weight is 405 g/mol. The highest BCUT2D eigenvalue weighted by Gasteiger charge is 2.30. The normalized spacial score (nSPS) is 21.5. The zero-order chi connectivity index (χ0) is 19.9. The number of allylic oxidation sites excluding steroid dienone is 2. The van der Waals surface area contributed by atoms with Crippen molar-refractivity contribution in [3.05, 3.63) is 34.9 Å². The molecule has 3 rings (SSSR count). The highest BCUT2D eigenvalue weighted by molar-refractivity contribution is 7.48. The van der Waals surface area contributed by atoms with Crippen LogP contribution in [-0.2, 0) is 10.9 Å². The molecule has 2 aliphatic carbocycles. The Morgan fingerprint density at radius 1 is 1.11 bits per heavy atom. The van der Waals surface area contributed by atoms with Gasteiger partial charge in [0.15, 0.2) is 0 Å². The maximum atomic E-state index is 11.0. The number of hydrogen-bond acceptors (Lipinski definition) is 3. The number of unbranched alkanes of at least 4 members (excludes halogenated alkanes) is 2. The van der Waals surface area contributed by atoms with Crippen LogP contribution in [0.15, 0.2) is 23.8 Å². The smallest absolute Gasteiger partial charge is 0.233 e. The largest absolute Gasteiger partial charge is 0.507 e. The van der Waals surface area contributed by atoms with Crippen LogP contribution < -0.4 is 4.52 Å². The molecular weight excluding hydrogens is 367 g/mol. The number of phenols is 1. The minimum Gasteiger partial charge on any atom is -0.507 e. The fourth-order valence-corrected chi connectivity index (χ4v) is 6.30. The van der Waals surface area contributed by atoms with Crippen molar-refractivity contribution in [1.82, 2.24) is 0 Å². The third-order valence-corrected chi connectivity index (χ3v) is 8.03. The maximum absolute atomic E-state index is 11.0. The molecule has 0 heterocycles. The third kappa shape index (κ3) is 5.51. The summed E-state index contributed by atoms with van der Waals surface area (Å²) in [6.45, 7) is 4.42. The van der Waals surface area contributed by atoms with Crippen LogP contribution in [-0.4, -0.2) is 17.9 Å². The molecule has 1 saturated carbocycles. The number of hydrogen-bond donors (Lipinski definition) is 1. The lowest BCUT2D eigenvalue weighted by Crippen LogP contribution is -2.09. The first-order valence-corrected chi connectivity index (χ1v) is 12.4. The van der Waals surface area contributed by atoms with E-state index >= 15 is 0 Å². The van der Waals surface area contributed by atoms with Gasteiger partial charge in [0.25, 0.3) is 0 Å². The molecule has 28 heavy (non-hydrogen) atoms. The third-order valence-electron chi connectivity index (χ3n) is 6.18. The SMILES string of the molecule is CCCCCc1cc(O)c(C2C=C(C)CCC2)c(OP(OC)C2CCCC2)c1. The molecule has 0 spiro atoms. The van der Waals surface area contributed by atoms with Gasteiger partial charge < -0.3 is 14.2 Å². The Hall–Kier alpha value is -1.05. The van der Waals surface area contributed by atoms with Gasteiger partial charge in [-0.25, -0.2) is 0 Å². The first-order valence-electron chi connectivity index (χ1n) is 11.2. The van der Waals surface area contributed by atoms with Gasteiger partial charge in [0.1, 0.15) is 11.5 Å². The first-order chi connectivity index (χ1) is 13.6.